The number of nitrogens with zero attached hydrogens (tertiary/aromatic N) is 1. The average molecular weight is 250 g/mol. The predicted molar refractivity (Wildman–Crippen MR) is 67.2 cm³/mol. The number of hydrogen-bond acceptors (Lipinski definition) is 4. The van der Waals surface area contributed by atoms with Crippen molar-refractivity contribution >= 4 is 17.9 Å². The van der Waals surface area contributed by atoms with E-state index in [1.807, 2.05) is 0 Å². The minimum absolute atomic E-state index is 0.0375. The number of nitrogens with one attached hydrogen (secondary N) is 1. The maximum atomic E-state index is 10.9. The molecular weight excluding hydrogens is 236 g/mol. The second kappa shape index (κ2) is 7.05. The summed E-state index contributed by atoms with van der Waals surface area (Å²) in [6.07, 6.45) is 2.90. The maximum Gasteiger partial charge on any atom is 0.407 e. The van der Waals surface area contributed by atoms with E-state index in [1.54, 1.807) is 31.2 Å². The first-order valence-corrected chi connectivity index (χ1v) is 5.45. The molecule has 1 aromatic carbocycles. The number of amides is 1. The van der Waals surface area contributed by atoms with E-state index < -0.39 is 11.0 Å². The van der Waals surface area contributed by atoms with E-state index in [-0.39, 0.29) is 5.69 Å². The quantitative estimate of drug-likeness (QED) is 0.642. The molecule has 0 saturated carbocycles. The zero-order chi connectivity index (χ0) is 13.4. The number of alkyl carbamates (subject to hydrolysis) is 1. The Kier molecular flexibility index (Phi) is 5.37. The molecule has 1 amide bonds. The molecule has 0 atom stereocenters. The molecule has 0 aromatic heterocycles. The standard InChI is InChI=1S/C12H14N2O4/c1-2-18-12(15)13-8-4-6-10-5-3-7-11(9-10)14(16)17/h3-7,9H,2,8H2,1H3,(H,13,15)/b6-4-. The summed E-state index contributed by atoms with van der Waals surface area (Å²) >= 11 is 0. The van der Waals surface area contributed by atoms with Crippen molar-refractivity contribution in [3.8, 4) is 0 Å². The second-order valence-corrected chi connectivity index (χ2v) is 3.36. The Morgan fingerprint density at radius 2 is 2.33 bits per heavy atom. The zero-order valence-corrected chi connectivity index (χ0v) is 9.96. The van der Waals surface area contributed by atoms with Crippen LogP contribution in [0.15, 0.2) is 30.3 Å². The zero-order valence-electron chi connectivity index (χ0n) is 9.96. The highest BCUT2D eigenvalue weighted by atomic mass is 16.6. The summed E-state index contributed by atoms with van der Waals surface area (Å²) < 4.78 is 4.67. The van der Waals surface area contributed by atoms with Gasteiger partial charge in [-0.2, -0.15) is 0 Å². The molecule has 0 heterocycles. The van der Waals surface area contributed by atoms with Crippen molar-refractivity contribution in [2.45, 2.75) is 6.92 Å². The highest BCUT2D eigenvalue weighted by Gasteiger charge is 2.03. The molecule has 0 aliphatic carbocycles. The summed E-state index contributed by atoms with van der Waals surface area (Å²) in [7, 11) is 0. The van der Waals surface area contributed by atoms with Crippen LogP contribution in [0.25, 0.3) is 6.08 Å². The minimum atomic E-state index is -0.485. The molecule has 0 radical (unpaired) electrons. The Hall–Kier alpha value is -2.37. The molecule has 6 heteroatoms. The molecule has 0 aliphatic rings. The summed E-state index contributed by atoms with van der Waals surface area (Å²) in [6.45, 7) is 2.35. The van der Waals surface area contributed by atoms with Crippen LogP contribution in [0, 0.1) is 10.1 Å². The number of nitro groups is 1. The fraction of sp³-hybridized carbons (Fsp3) is 0.250. The van der Waals surface area contributed by atoms with Crippen molar-refractivity contribution < 1.29 is 14.5 Å². The van der Waals surface area contributed by atoms with Crippen molar-refractivity contribution in [3.63, 3.8) is 0 Å². The fourth-order valence-corrected chi connectivity index (χ4v) is 1.26. The highest BCUT2D eigenvalue weighted by molar-refractivity contribution is 5.67. The van der Waals surface area contributed by atoms with Crippen LogP contribution in [0.2, 0.25) is 0 Å². The van der Waals surface area contributed by atoms with Crippen LogP contribution in [0.5, 0.6) is 0 Å². The number of rotatable bonds is 5. The number of nitro benzene ring substituents is 1. The Morgan fingerprint density at radius 3 is 3.00 bits per heavy atom. The van der Waals surface area contributed by atoms with Gasteiger partial charge in [0.1, 0.15) is 0 Å². The Labute approximate surface area is 104 Å². The topological polar surface area (TPSA) is 81.5 Å². The lowest BCUT2D eigenvalue weighted by Crippen LogP contribution is -2.24. The molecule has 6 nitrogen and oxygen atoms in total. The van der Waals surface area contributed by atoms with Crippen LogP contribution < -0.4 is 5.32 Å². The highest BCUT2D eigenvalue weighted by Crippen LogP contribution is 2.13. The number of carbonyl (C=O) groups is 1. The minimum Gasteiger partial charge on any atom is -0.450 e. The Bertz CT molecular complexity index is 457. The van der Waals surface area contributed by atoms with Crippen molar-refractivity contribution in [2.75, 3.05) is 13.2 Å². The van der Waals surface area contributed by atoms with E-state index in [1.165, 1.54) is 12.1 Å². The third-order valence-corrected chi connectivity index (χ3v) is 2.03. The van der Waals surface area contributed by atoms with E-state index >= 15 is 0 Å². The SMILES string of the molecule is CCOC(=O)NC/C=C\c1cccc([N+](=O)[O-])c1. The van der Waals surface area contributed by atoms with Gasteiger partial charge in [-0.05, 0) is 12.5 Å². The summed E-state index contributed by atoms with van der Waals surface area (Å²) in [6, 6.07) is 6.24. The van der Waals surface area contributed by atoms with Gasteiger partial charge < -0.3 is 10.1 Å². The van der Waals surface area contributed by atoms with Crippen LogP contribution in [-0.2, 0) is 4.74 Å². The van der Waals surface area contributed by atoms with Crippen LogP contribution in [0.3, 0.4) is 0 Å². The third-order valence-electron chi connectivity index (χ3n) is 2.03. The maximum absolute atomic E-state index is 10.9. The predicted octanol–water partition coefficient (Wildman–Crippen LogP) is 2.35. The van der Waals surface area contributed by atoms with E-state index in [0.717, 1.165) is 0 Å². The summed E-state index contributed by atoms with van der Waals surface area (Å²) in [4.78, 5) is 21.0. The van der Waals surface area contributed by atoms with Crippen LogP contribution in [0.4, 0.5) is 10.5 Å². The van der Waals surface area contributed by atoms with Crippen molar-refractivity contribution in [2.24, 2.45) is 0 Å². The van der Waals surface area contributed by atoms with E-state index in [0.29, 0.717) is 18.7 Å². The summed E-state index contributed by atoms with van der Waals surface area (Å²) in [5.41, 5.74) is 0.741. The number of benzene rings is 1. The van der Waals surface area contributed by atoms with Gasteiger partial charge in [-0.25, -0.2) is 4.79 Å². The largest absolute Gasteiger partial charge is 0.450 e. The molecule has 18 heavy (non-hydrogen) atoms. The molecule has 0 unspecified atom stereocenters. The molecular formula is C12H14N2O4. The number of hydrogen-bond donors (Lipinski definition) is 1. The lowest BCUT2D eigenvalue weighted by molar-refractivity contribution is -0.384. The van der Waals surface area contributed by atoms with Gasteiger partial charge in [0.05, 0.1) is 11.5 Å². The fourth-order valence-electron chi connectivity index (χ4n) is 1.26. The second-order valence-electron chi connectivity index (χ2n) is 3.36. The van der Waals surface area contributed by atoms with Gasteiger partial charge in [0.2, 0.25) is 0 Å². The van der Waals surface area contributed by atoms with Crippen molar-refractivity contribution in [3.05, 3.63) is 46.0 Å². The van der Waals surface area contributed by atoms with Crippen molar-refractivity contribution in [1.29, 1.82) is 0 Å². The van der Waals surface area contributed by atoms with Gasteiger partial charge in [0.15, 0.2) is 0 Å². The smallest absolute Gasteiger partial charge is 0.407 e. The van der Waals surface area contributed by atoms with Crippen molar-refractivity contribution in [1.82, 2.24) is 5.32 Å². The van der Waals surface area contributed by atoms with Gasteiger partial charge in [0, 0.05) is 18.7 Å². The van der Waals surface area contributed by atoms with Gasteiger partial charge in [-0.3, -0.25) is 10.1 Å². The molecule has 0 aliphatic heterocycles. The first-order valence-electron chi connectivity index (χ1n) is 5.45. The normalized spacial score (nSPS) is 10.3. The van der Waals surface area contributed by atoms with Crippen LogP contribution in [0.1, 0.15) is 12.5 Å². The first-order chi connectivity index (χ1) is 8.63. The molecule has 0 fully saturated rings. The monoisotopic (exact) mass is 250 g/mol. The van der Waals surface area contributed by atoms with Gasteiger partial charge in [-0.1, -0.05) is 24.3 Å². The lowest BCUT2D eigenvalue weighted by atomic mass is 10.2. The van der Waals surface area contributed by atoms with Crippen LogP contribution >= 0.6 is 0 Å². The summed E-state index contributed by atoms with van der Waals surface area (Å²) in [5, 5.41) is 13.1. The molecule has 0 spiro atoms. The average Bonchev–Trinajstić information content (AvgIpc) is 2.35. The lowest BCUT2D eigenvalue weighted by Gasteiger charge is -2.01. The molecule has 1 N–H and O–H groups in total. The van der Waals surface area contributed by atoms with E-state index in [2.05, 4.69) is 10.1 Å². The Balaban J connectivity index is 2.49. The van der Waals surface area contributed by atoms with E-state index in [9.17, 15) is 14.9 Å². The van der Waals surface area contributed by atoms with Crippen LogP contribution in [-0.4, -0.2) is 24.2 Å². The number of non-ortho nitro benzene ring substituents is 1. The summed E-state index contributed by atoms with van der Waals surface area (Å²) in [5.74, 6) is 0. The molecule has 0 saturated heterocycles. The molecule has 0 bridgehead atoms. The number of ether oxygens (including phenoxy) is 1. The third kappa shape index (κ3) is 4.65. The van der Waals surface area contributed by atoms with E-state index in [4.69, 9.17) is 0 Å². The van der Waals surface area contributed by atoms with Gasteiger partial charge in [0.25, 0.3) is 5.69 Å². The van der Waals surface area contributed by atoms with Gasteiger partial charge in [-0.15, -0.1) is 0 Å². The van der Waals surface area contributed by atoms with Gasteiger partial charge >= 0.3 is 6.09 Å². The first kappa shape index (κ1) is 13.7. The molecule has 1 aromatic rings. The molecule has 96 valence electrons. The number of carbonyl (C=O) groups excluding carboxylic acids is 1. The molecule has 1 rings (SSSR count). The Morgan fingerprint density at radius 1 is 1.56 bits per heavy atom.